The van der Waals surface area contributed by atoms with Crippen LogP contribution in [0.5, 0.6) is 0 Å². The third kappa shape index (κ3) is 2.98. The van der Waals surface area contributed by atoms with Crippen molar-refractivity contribution in [2.45, 2.75) is 18.9 Å². The number of hydrogen-bond acceptors (Lipinski definition) is 3. The maximum Gasteiger partial charge on any atom is 0.187 e. The molecule has 0 aliphatic heterocycles. The van der Waals surface area contributed by atoms with Gasteiger partial charge in [0.15, 0.2) is 5.11 Å². The van der Waals surface area contributed by atoms with E-state index in [1.54, 1.807) is 18.6 Å². The summed E-state index contributed by atoms with van der Waals surface area (Å²) in [5.41, 5.74) is 3.80. The molecule has 98 valence electrons. The van der Waals surface area contributed by atoms with Gasteiger partial charge in [0.05, 0.1) is 6.21 Å². The van der Waals surface area contributed by atoms with Crippen LogP contribution in [-0.2, 0) is 0 Å². The highest BCUT2D eigenvalue weighted by atomic mass is 32.1. The van der Waals surface area contributed by atoms with Crippen LogP contribution in [0.2, 0.25) is 0 Å². The number of allylic oxidation sites excluding steroid dienone is 1. The van der Waals surface area contributed by atoms with Crippen molar-refractivity contribution in [3.05, 3.63) is 42.2 Å². The molecule has 1 aromatic heterocycles. The second-order valence-electron chi connectivity index (χ2n) is 5.02. The van der Waals surface area contributed by atoms with Crippen molar-refractivity contribution >= 4 is 23.5 Å². The van der Waals surface area contributed by atoms with Crippen molar-refractivity contribution < 1.29 is 0 Å². The highest BCUT2D eigenvalue weighted by Crippen LogP contribution is 2.38. The standard InChI is InChI=1S/C14H16N4S/c19-14(17-13-7-10-3-4-12(13)6-10)18-16-9-11-2-1-5-15-8-11/h1-5,8-10,12-13H,6-7H2,(H2,17,18,19)/b16-9-/t10-,12+,13-/m1/s1. The molecule has 4 nitrogen and oxygen atoms in total. The maximum absolute atomic E-state index is 5.25. The lowest BCUT2D eigenvalue weighted by Gasteiger charge is -2.20. The third-order valence-corrected chi connectivity index (χ3v) is 3.87. The minimum absolute atomic E-state index is 0.462. The Morgan fingerprint density at radius 2 is 2.37 bits per heavy atom. The summed E-state index contributed by atoms with van der Waals surface area (Å²) in [4.78, 5) is 4.02. The molecule has 0 unspecified atom stereocenters. The lowest BCUT2D eigenvalue weighted by Crippen LogP contribution is -2.42. The first-order valence-corrected chi connectivity index (χ1v) is 6.90. The van der Waals surface area contributed by atoms with Crippen molar-refractivity contribution in [1.82, 2.24) is 15.7 Å². The summed E-state index contributed by atoms with van der Waals surface area (Å²) >= 11 is 5.25. The molecular weight excluding hydrogens is 256 g/mol. The van der Waals surface area contributed by atoms with Crippen LogP contribution in [0, 0.1) is 11.8 Å². The number of nitrogens with one attached hydrogen (secondary N) is 2. The van der Waals surface area contributed by atoms with Gasteiger partial charge in [-0.1, -0.05) is 18.2 Å². The summed E-state index contributed by atoms with van der Waals surface area (Å²) in [6.45, 7) is 0. The number of aromatic nitrogens is 1. The summed E-state index contributed by atoms with van der Waals surface area (Å²) in [5, 5.41) is 8.03. The second-order valence-corrected chi connectivity index (χ2v) is 5.42. The molecule has 2 aliphatic rings. The molecule has 0 spiro atoms. The van der Waals surface area contributed by atoms with Gasteiger partial charge < -0.3 is 5.32 Å². The summed E-state index contributed by atoms with van der Waals surface area (Å²) in [6.07, 6.45) is 12.3. The molecule has 1 aromatic rings. The van der Waals surface area contributed by atoms with Gasteiger partial charge in [0.25, 0.3) is 0 Å². The monoisotopic (exact) mass is 272 g/mol. The summed E-state index contributed by atoms with van der Waals surface area (Å²) < 4.78 is 0. The van der Waals surface area contributed by atoms with E-state index in [1.807, 2.05) is 12.1 Å². The zero-order valence-corrected chi connectivity index (χ0v) is 11.3. The van der Waals surface area contributed by atoms with Crippen LogP contribution in [0.15, 0.2) is 41.8 Å². The zero-order valence-electron chi connectivity index (χ0n) is 10.5. The van der Waals surface area contributed by atoms with E-state index >= 15 is 0 Å². The van der Waals surface area contributed by atoms with Crippen LogP contribution in [0.4, 0.5) is 0 Å². The zero-order chi connectivity index (χ0) is 13.1. The van der Waals surface area contributed by atoms with Gasteiger partial charge in [0, 0.05) is 24.0 Å². The van der Waals surface area contributed by atoms with Crippen molar-refractivity contribution in [2.75, 3.05) is 0 Å². The number of thiocarbonyl (C=S) groups is 1. The SMILES string of the molecule is S=C(N/N=C\c1cccnc1)N[C@@H]1C[C@@H]2C=C[C@H]1C2. The van der Waals surface area contributed by atoms with E-state index in [-0.39, 0.29) is 0 Å². The Bertz CT molecular complexity index is 511. The van der Waals surface area contributed by atoms with E-state index in [1.165, 1.54) is 12.8 Å². The molecular formula is C14H16N4S. The highest BCUT2D eigenvalue weighted by Gasteiger charge is 2.35. The molecule has 1 saturated carbocycles. The lowest BCUT2D eigenvalue weighted by atomic mass is 10.0. The number of fused-ring (bicyclic) bond motifs is 2. The van der Waals surface area contributed by atoms with Gasteiger partial charge in [-0.25, -0.2) is 0 Å². The van der Waals surface area contributed by atoms with Gasteiger partial charge in [-0.2, -0.15) is 5.10 Å². The van der Waals surface area contributed by atoms with Gasteiger partial charge in [-0.15, -0.1) is 0 Å². The van der Waals surface area contributed by atoms with E-state index in [0.29, 0.717) is 17.1 Å². The fourth-order valence-corrected chi connectivity index (χ4v) is 2.97. The van der Waals surface area contributed by atoms with Crippen LogP contribution in [0.3, 0.4) is 0 Å². The van der Waals surface area contributed by atoms with Gasteiger partial charge in [-0.3, -0.25) is 10.4 Å². The molecule has 0 aromatic carbocycles. The smallest absolute Gasteiger partial charge is 0.187 e. The molecule has 3 rings (SSSR count). The molecule has 0 radical (unpaired) electrons. The van der Waals surface area contributed by atoms with E-state index in [4.69, 9.17) is 12.2 Å². The Kier molecular flexibility index (Phi) is 3.55. The third-order valence-electron chi connectivity index (χ3n) is 3.66. The predicted octanol–water partition coefficient (Wildman–Crippen LogP) is 1.84. The molecule has 2 bridgehead atoms. The Balaban J connectivity index is 1.47. The number of hydrazone groups is 1. The molecule has 2 N–H and O–H groups in total. The number of nitrogens with zero attached hydrogens (tertiary/aromatic N) is 2. The highest BCUT2D eigenvalue weighted by molar-refractivity contribution is 7.80. The Morgan fingerprint density at radius 1 is 1.42 bits per heavy atom. The average molecular weight is 272 g/mol. The van der Waals surface area contributed by atoms with Crippen molar-refractivity contribution in [1.29, 1.82) is 0 Å². The first kappa shape index (κ1) is 12.3. The van der Waals surface area contributed by atoms with Crippen molar-refractivity contribution in [3.8, 4) is 0 Å². The van der Waals surface area contributed by atoms with E-state index < -0.39 is 0 Å². The van der Waals surface area contributed by atoms with Crippen LogP contribution < -0.4 is 10.7 Å². The molecule has 5 heteroatoms. The number of pyridine rings is 1. The lowest BCUT2D eigenvalue weighted by molar-refractivity contribution is 0.521. The molecule has 0 amide bonds. The molecule has 2 aliphatic carbocycles. The fourth-order valence-electron chi connectivity index (χ4n) is 2.77. The quantitative estimate of drug-likeness (QED) is 0.381. The van der Waals surface area contributed by atoms with Crippen molar-refractivity contribution in [2.24, 2.45) is 16.9 Å². The van der Waals surface area contributed by atoms with E-state index in [9.17, 15) is 0 Å². The largest absolute Gasteiger partial charge is 0.358 e. The first-order chi connectivity index (χ1) is 9.31. The summed E-state index contributed by atoms with van der Waals surface area (Å²) in [5.74, 6) is 1.37. The molecule has 19 heavy (non-hydrogen) atoms. The van der Waals surface area contributed by atoms with Crippen LogP contribution in [-0.4, -0.2) is 22.4 Å². The topological polar surface area (TPSA) is 49.3 Å². The van der Waals surface area contributed by atoms with Gasteiger partial charge in [0.1, 0.15) is 0 Å². The normalized spacial score (nSPS) is 27.9. The molecule has 0 saturated heterocycles. The first-order valence-electron chi connectivity index (χ1n) is 6.49. The maximum atomic E-state index is 5.25. The molecule has 3 atom stereocenters. The van der Waals surface area contributed by atoms with Gasteiger partial charge in [0.2, 0.25) is 0 Å². The van der Waals surface area contributed by atoms with Crippen molar-refractivity contribution in [3.63, 3.8) is 0 Å². The van der Waals surface area contributed by atoms with E-state index in [0.717, 1.165) is 11.5 Å². The summed E-state index contributed by atoms with van der Waals surface area (Å²) in [6, 6.07) is 4.28. The van der Waals surface area contributed by atoms with Crippen LogP contribution in [0.25, 0.3) is 0 Å². The predicted molar refractivity (Wildman–Crippen MR) is 79.8 cm³/mol. The average Bonchev–Trinajstić information content (AvgIpc) is 3.02. The molecule has 1 fully saturated rings. The van der Waals surface area contributed by atoms with Gasteiger partial charge in [-0.05, 0) is 43.0 Å². The second kappa shape index (κ2) is 5.48. The minimum atomic E-state index is 0.462. The van der Waals surface area contributed by atoms with Crippen LogP contribution in [0.1, 0.15) is 18.4 Å². The Labute approximate surface area is 118 Å². The van der Waals surface area contributed by atoms with E-state index in [2.05, 4.69) is 33.0 Å². The van der Waals surface area contributed by atoms with Gasteiger partial charge >= 0.3 is 0 Å². The fraction of sp³-hybridized carbons (Fsp3) is 0.357. The Hall–Kier alpha value is -1.75. The minimum Gasteiger partial charge on any atom is -0.358 e. The summed E-state index contributed by atoms with van der Waals surface area (Å²) in [7, 11) is 0. The molecule has 1 heterocycles. The van der Waals surface area contributed by atoms with Crippen LogP contribution >= 0.6 is 12.2 Å². The number of hydrogen-bond donors (Lipinski definition) is 2. The number of rotatable bonds is 3. The Morgan fingerprint density at radius 3 is 3.05 bits per heavy atom.